The molecule has 1 amide bonds. The fourth-order valence-electron chi connectivity index (χ4n) is 4.16. The van der Waals surface area contributed by atoms with Crippen LogP contribution in [0.2, 0.25) is 0 Å². The molecule has 41 heavy (non-hydrogen) atoms. The van der Waals surface area contributed by atoms with Crippen LogP contribution in [0.25, 0.3) is 16.9 Å². The summed E-state index contributed by atoms with van der Waals surface area (Å²) in [5.74, 6) is 1.12. The van der Waals surface area contributed by atoms with E-state index in [4.69, 9.17) is 6.42 Å². The molecule has 15 heteroatoms. The highest BCUT2D eigenvalue weighted by molar-refractivity contribution is 5.96. The van der Waals surface area contributed by atoms with Crippen molar-refractivity contribution >= 4 is 23.1 Å². The van der Waals surface area contributed by atoms with E-state index in [2.05, 4.69) is 36.9 Å². The smallest absolute Gasteiger partial charge is 0.352 e. The molecule has 0 fully saturated rings. The number of benzene rings is 1. The van der Waals surface area contributed by atoms with Crippen molar-refractivity contribution in [3.05, 3.63) is 59.6 Å². The van der Waals surface area contributed by atoms with E-state index in [-0.39, 0.29) is 28.4 Å². The van der Waals surface area contributed by atoms with Crippen molar-refractivity contribution < 1.29 is 31.1 Å². The topological polar surface area (TPSA) is 101 Å². The molecule has 0 radical (unpaired) electrons. The van der Waals surface area contributed by atoms with Gasteiger partial charge in [-0.2, -0.15) is 18.3 Å². The lowest BCUT2D eigenvalue weighted by atomic mass is 10.1. The Morgan fingerprint density at radius 3 is 2.66 bits per heavy atom. The first-order valence-corrected chi connectivity index (χ1v) is 12.2. The number of rotatable bonds is 11. The van der Waals surface area contributed by atoms with Crippen LogP contribution in [-0.2, 0) is 12.7 Å². The third-order valence-corrected chi connectivity index (χ3v) is 5.88. The van der Waals surface area contributed by atoms with Gasteiger partial charge < -0.3 is 16.0 Å². The van der Waals surface area contributed by atoms with Crippen LogP contribution in [0.5, 0.6) is 0 Å². The monoisotopic (exact) mass is 578 g/mol. The number of hydrogen-bond donors (Lipinski definition) is 3. The molecule has 0 spiro atoms. The molecule has 9 nitrogen and oxygen atoms in total. The Balaban J connectivity index is 1.58. The average molecular weight is 579 g/mol. The number of terminal acetylenes is 1. The molecule has 3 aromatic heterocycles. The number of halogens is 6. The molecule has 1 aromatic carbocycles. The summed E-state index contributed by atoms with van der Waals surface area (Å²) in [5, 5.41) is 11.8. The number of hydrogen-bond acceptors (Lipinski definition) is 6. The molecule has 0 saturated heterocycles. The molecule has 216 valence electrons. The van der Waals surface area contributed by atoms with E-state index in [0.29, 0.717) is 36.3 Å². The number of carbonyl (C=O) groups excluding carboxylic acids is 1. The fraction of sp³-hybridized carbons (Fsp3) is 0.308. The van der Waals surface area contributed by atoms with Crippen LogP contribution in [0.15, 0.2) is 36.9 Å². The summed E-state index contributed by atoms with van der Waals surface area (Å²) in [4.78, 5) is 20.8. The number of aryl methyl sites for hydroxylation is 1. The number of anilines is 2. The Morgan fingerprint density at radius 1 is 1.20 bits per heavy atom. The van der Waals surface area contributed by atoms with Gasteiger partial charge in [-0.15, -0.1) is 6.42 Å². The fourth-order valence-corrected chi connectivity index (χ4v) is 4.16. The van der Waals surface area contributed by atoms with Crippen LogP contribution in [-0.4, -0.2) is 56.1 Å². The van der Waals surface area contributed by atoms with E-state index < -0.39 is 42.1 Å². The van der Waals surface area contributed by atoms with Gasteiger partial charge in [0.25, 0.3) is 12.3 Å². The second kappa shape index (κ2) is 12.3. The Kier molecular flexibility index (Phi) is 8.82. The number of aromatic nitrogens is 5. The number of nitrogens with one attached hydrogen (secondary N) is 3. The zero-order chi connectivity index (χ0) is 29.7. The Labute approximate surface area is 230 Å². The molecule has 0 aliphatic heterocycles. The van der Waals surface area contributed by atoms with Gasteiger partial charge in [0.1, 0.15) is 12.4 Å². The predicted molar refractivity (Wildman–Crippen MR) is 138 cm³/mol. The molecule has 0 atom stereocenters. The van der Waals surface area contributed by atoms with E-state index in [1.807, 2.05) is 0 Å². The normalized spacial score (nSPS) is 11.7. The molecule has 3 heterocycles. The third kappa shape index (κ3) is 6.77. The number of nitrogens with zero attached hydrogens (tertiary/aromatic N) is 5. The van der Waals surface area contributed by atoms with Gasteiger partial charge in [0.15, 0.2) is 17.2 Å². The van der Waals surface area contributed by atoms with Gasteiger partial charge in [0, 0.05) is 30.8 Å². The quantitative estimate of drug-likeness (QED) is 0.139. The lowest BCUT2D eigenvalue weighted by molar-refractivity contribution is -0.141. The summed E-state index contributed by atoms with van der Waals surface area (Å²) in [7, 11) is 0. The summed E-state index contributed by atoms with van der Waals surface area (Å²) in [6.07, 6.45) is 2.54. The van der Waals surface area contributed by atoms with E-state index in [0.717, 1.165) is 18.5 Å². The van der Waals surface area contributed by atoms with Crippen LogP contribution in [0.4, 0.5) is 37.8 Å². The van der Waals surface area contributed by atoms with Crippen molar-refractivity contribution in [2.75, 3.05) is 25.0 Å². The maximum absolute atomic E-state index is 15.0. The minimum atomic E-state index is -4.91. The van der Waals surface area contributed by atoms with Crippen molar-refractivity contribution in [3.8, 4) is 23.6 Å². The molecule has 4 rings (SSSR count). The average Bonchev–Trinajstić information content (AvgIpc) is 3.50. The molecule has 0 saturated carbocycles. The highest BCUT2D eigenvalue weighted by atomic mass is 19.4. The van der Waals surface area contributed by atoms with Gasteiger partial charge in [-0.05, 0) is 37.6 Å². The van der Waals surface area contributed by atoms with Crippen LogP contribution >= 0.6 is 0 Å². The van der Waals surface area contributed by atoms with Crippen LogP contribution < -0.4 is 16.0 Å². The highest BCUT2D eigenvalue weighted by Gasteiger charge is 2.38. The minimum absolute atomic E-state index is 0.0674. The minimum Gasteiger partial charge on any atom is -0.352 e. The summed E-state index contributed by atoms with van der Waals surface area (Å²) in [5.41, 5.74) is -1.39. The van der Waals surface area contributed by atoms with E-state index in [1.165, 1.54) is 22.9 Å². The standard InChI is InChI=1S/C26H24F6N8O/c1-3-5-33-6-4-7-35-25(41)21-15(2)10-16(11-18(21)27)37-23-24-36-12-19(40(24)9-8-34-23)17-13-39(14-20(28)29)38-22(17)26(30,31)32/h1,8-13,20,33H,4-7,14H2,2H3,(H,34,37)(H,35,41). The summed E-state index contributed by atoms with van der Waals surface area (Å²) < 4.78 is 83.4. The first-order valence-electron chi connectivity index (χ1n) is 12.2. The second-order valence-corrected chi connectivity index (χ2v) is 8.88. The molecule has 0 aliphatic rings. The maximum atomic E-state index is 15.0. The van der Waals surface area contributed by atoms with E-state index >= 15 is 0 Å². The number of imidazole rings is 1. The molecule has 0 bridgehead atoms. The molecule has 4 aromatic rings. The Morgan fingerprint density at radius 2 is 1.98 bits per heavy atom. The molecular formula is C26H24F6N8O. The van der Waals surface area contributed by atoms with Gasteiger partial charge in [-0.1, -0.05) is 5.92 Å². The SMILES string of the molecule is C#CCNCCCNC(=O)c1c(C)cc(Nc2nccn3c(-c4cn(CC(F)F)nc4C(F)(F)F)cnc23)cc1F. The number of amides is 1. The van der Waals surface area contributed by atoms with Crippen LogP contribution in [0.3, 0.4) is 0 Å². The number of alkyl halides is 5. The molecule has 0 aliphatic carbocycles. The van der Waals surface area contributed by atoms with Gasteiger partial charge in [0.05, 0.1) is 29.6 Å². The van der Waals surface area contributed by atoms with Crippen molar-refractivity contribution in [1.29, 1.82) is 0 Å². The summed E-state index contributed by atoms with van der Waals surface area (Å²) >= 11 is 0. The third-order valence-electron chi connectivity index (χ3n) is 5.88. The maximum Gasteiger partial charge on any atom is 0.435 e. The lowest BCUT2D eigenvalue weighted by Crippen LogP contribution is -2.28. The molecule has 3 N–H and O–H groups in total. The first kappa shape index (κ1) is 29.4. The zero-order valence-electron chi connectivity index (χ0n) is 21.6. The number of fused-ring (bicyclic) bond motifs is 1. The Hall–Kier alpha value is -4.58. The van der Waals surface area contributed by atoms with E-state index in [9.17, 15) is 31.1 Å². The van der Waals surface area contributed by atoms with Gasteiger partial charge >= 0.3 is 6.18 Å². The lowest BCUT2D eigenvalue weighted by Gasteiger charge is -2.13. The second-order valence-electron chi connectivity index (χ2n) is 8.88. The van der Waals surface area contributed by atoms with Crippen molar-refractivity contribution in [1.82, 2.24) is 34.8 Å². The summed E-state index contributed by atoms with van der Waals surface area (Å²) in [6, 6.07) is 2.60. The summed E-state index contributed by atoms with van der Waals surface area (Å²) in [6.45, 7) is 1.82. The van der Waals surface area contributed by atoms with Crippen LogP contribution in [0.1, 0.15) is 28.0 Å². The van der Waals surface area contributed by atoms with Gasteiger partial charge in [-0.25, -0.2) is 23.1 Å². The first-order chi connectivity index (χ1) is 19.5. The Bertz CT molecular complexity index is 1560. The van der Waals surface area contributed by atoms with Crippen molar-refractivity contribution in [3.63, 3.8) is 0 Å². The predicted octanol–water partition coefficient (Wildman–Crippen LogP) is 4.41. The van der Waals surface area contributed by atoms with E-state index in [1.54, 1.807) is 6.92 Å². The van der Waals surface area contributed by atoms with Gasteiger partial charge in [0.2, 0.25) is 0 Å². The van der Waals surface area contributed by atoms with Crippen molar-refractivity contribution in [2.45, 2.75) is 32.5 Å². The number of carbonyl (C=O) groups is 1. The van der Waals surface area contributed by atoms with Crippen molar-refractivity contribution in [2.24, 2.45) is 0 Å². The van der Waals surface area contributed by atoms with Crippen LogP contribution in [0, 0.1) is 25.1 Å². The molecular weight excluding hydrogens is 554 g/mol. The highest BCUT2D eigenvalue weighted by Crippen LogP contribution is 2.37. The zero-order valence-corrected chi connectivity index (χ0v) is 21.6. The molecule has 0 unspecified atom stereocenters. The van der Waals surface area contributed by atoms with Gasteiger partial charge in [-0.3, -0.25) is 13.9 Å². The largest absolute Gasteiger partial charge is 0.435 e.